The molecule has 3 aliphatic rings. The van der Waals surface area contributed by atoms with Gasteiger partial charge in [0.15, 0.2) is 0 Å². The number of aliphatic hydroxyl groups is 1. The molecule has 4 rings (SSSR count). The predicted molar refractivity (Wildman–Crippen MR) is 79.0 cm³/mol. The first-order chi connectivity index (χ1) is 10.0. The van der Waals surface area contributed by atoms with E-state index in [9.17, 15) is 14.6 Å². The Hall–Kier alpha value is -1.09. The van der Waals surface area contributed by atoms with Gasteiger partial charge < -0.3 is 10.2 Å². The lowest BCUT2D eigenvalue weighted by Crippen LogP contribution is -2.44. The summed E-state index contributed by atoms with van der Waals surface area (Å²) in [5.74, 6) is 1.59. The van der Waals surface area contributed by atoms with Crippen LogP contribution in [0, 0.1) is 17.3 Å². The van der Waals surface area contributed by atoms with Crippen LogP contribution in [0.5, 0.6) is 5.75 Å². The summed E-state index contributed by atoms with van der Waals surface area (Å²) in [7, 11) is 0. The SMILES string of the molecule is C[C@]12CCC3c4ccc(O)cc4CCC3C1C[C@H](F)[C@@H]2O. The minimum absolute atomic E-state index is 0.241. The number of fused-ring (bicyclic) bond motifs is 5. The highest BCUT2D eigenvalue weighted by molar-refractivity contribution is 5.40. The van der Waals surface area contributed by atoms with Gasteiger partial charge in [0, 0.05) is 0 Å². The molecule has 2 saturated carbocycles. The number of alkyl halides is 1. The molecular weight excluding hydrogens is 267 g/mol. The zero-order chi connectivity index (χ0) is 14.8. The molecule has 0 saturated heterocycles. The minimum atomic E-state index is -1.06. The van der Waals surface area contributed by atoms with Crippen molar-refractivity contribution in [2.75, 3.05) is 0 Å². The van der Waals surface area contributed by atoms with Crippen LogP contribution < -0.4 is 0 Å². The molecule has 1 aromatic rings. The Bertz CT molecular complexity index is 572. The summed E-state index contributed by atoms with van der Waals surface area (Å²) in [4.78, 5) is 0. The molecule has 21 heavy (non-hydrogen) atoms. The van der Waals surface area contributed by atoms with Crippen LogP contribution in [0.25, 0.3) is 0 Å². The lowest BCUT2D eigenvalue weighted by molar-refractivity contribution is -0.0365. The Labute approximate surface area is 125 Å². The molecule has 0 aliphatic heterocycles. The third-order valence-corrected chi connectivity index (χ3v) is 6.65. The van der Waals surface area contributed by atoms with Gasteiger partial charge in [-0.1, -0.05) is 13.0 Å². The van der Waals surface area contributed by atoms with Crippen LogP contribution in [-0.2, 0) is 6.42 Å². The maximum Gasteiger partial charge on any atom is 0.127 e. The smallest absolute Gasteiger partial charge is 0.127 e. The van der Waals surface area contributed by atoms with Gasteiger partial charge >= 0.3 is 0 Å². The Kier molecular flexibility index (Phi) is 2.88. The fourth-order valence-electron chi connectivity index (χ4n) is 5.51. The van der Waals surface area contributed by atoms with E-state index in [1.54, 1.807) is 6.07 Å². The Morgan fingerprint density at radius 3 is 2.90 bits per heavy atom. The van der Waals surface area contributed by atoms with Gasteiger partial charge in [-0.2, -0.15) is 0 Å². The molecule has 0 amide bonds. The van der Waals surface area contributed by atoms with E-state index < -0.39 is 12.3 Å². The zero-order valence-corrected chi connectivity index (χ0v) is 12.4. The lowest BCUT2D eigenvalue weighted by atomic mass is 9.55. The highest BCUT2D eigenvalue weighted by Crippen LogP contribution is 2.61. The van der Waals surface area contributed by atoms with Crippen molar-refractivity contribution in [3.63, 3.8) is 0 Å². The van der Waals surface area contributed by atoms with Gasteiger partial charge in [0.1, 0.15) is 11.9 Å². The molecule has 3 heteroatoms. The van der Waals surface area contributed by atoms with Gasteiger partial charge in [-0.05, 0) is 78.5 Å². The van der Waals surface area contributed by atoms with Crippen molar-refractivity contribution in [3.8, 4) is 5.75 Å². The van der Waals surface area contributed by atoms with Crippen molar-refractivity contribution < 1.29 is 14.6 Å². The fraction of sp³-hybridized carbons (Fsp3) is 0.667. The summed E-state index contributed by atoms with van der Waals surface area (Å²) in [6.07, 6.45) is 2.63. The second-order valence-electron chi connectivity index (χ2n) is 7.54. The van der Waals surface area contributed by atoms with E-state index in [0.29, 0.717) is 29.9 Å². The third kappa shape index (κ3) is 1.79. The number of benzene rings is 1. The minimum Gasteiger partial charge on any atom is -0.508 e. The first kappa shape index (κ1) is 13.6. The van der Waals surface area contributed by atoms with Gasteiger partial charge in [0.25, 0.3) is 0 Å². The summed E-state index contributed by atoms with van der Waals surface area (Å²) in [5.41, 5.74) is 2.37. The number of hydrogen-bond donors (Lipinski definition) is 2. The number of aliphatic hydroxyl groups excluding tert-OH is 1. The van der Waals surface area contributed by atoms with Crippen molar-refractivity contribution >= 4 is 0 Å². The maximum absolute atomic E-state index is 14.1. The van der Waals surface area contributed by atoms with E-state index in [4.69, 9.17) is 0 Å². The number of phenolic OH excluding ortho intramolecular Hbond substituents is 1. The number of halogens is 1. The Balaban J connectivity index is 1.71. The Morgan fingerprint density at radius 1 is 1.29 bits per heavy atom. The van der Waals surface area contributed by atoms with Crippen LogP contribution >= 0.6 is 0 Å². The fourth-order valence-corrected chi connectivity index (χ4v) is 5.51. The van der Waals surface area contributed by atoms with Crippen LogP contribution in [-0.4, -0.2) is 22.5 Å². The summed E-state index contributed by atoms with van der Waals surface area (Å²) >= 11 is 0. The van der Waals surface area contributed by atoms with E-state index in [1.165, 1.54) is 11.1 Å². The topological polar surface area (TPSA) is 40.5 Å². The van der Waals surface area contributed by atoms with E-state index in [2.05, 4.69) is 13.0 Å². The number of aryl methyl sites for hydroxylation is 1. The average molecular weight is 290 g/mol. The summed E-state index contributed by atoms with van der Waals surface area (Å²) in [6, 6.07) is 5.72. The third-order valence-electron chi connectivity index (χ3n) is 6.65. The van der Waals surface area contributed by atoms with Crippen LogP contribution in [0.2, 0.25) is 0 Å². The normalized spacial score (nSPS) is 44.8. The number of rotatable bonds is 0. The average Bonchev–Trinajstić information content (AvgIpc) is 2.70. The molecule has 2 fully saturated rings. The van der Waals surface area contributed by atoms with Crippen molar-refractivity contribution in [1.82, 2.24) is 0 Å². The van der Waals surface area contributed by atoms with E-state index >= 15 is 0 Å². The van der Waals surface area contributed by atoms with Gasteiger partial charge in [-0.25, -0.2) is 4.39 Å². The van der Waals surface area contributed by atoms with Crippen molar-refractivity contribution in [1.29, 1.82) is 0 Å². The highest BCUT2D eigenvalue weighted by Gasteiger charge is 2.58. The van der Waals surface area contributed by atoms with Gasteiger partial charge in [-0.3, -0.25) is 0 Å². The molecule has 0 heterocycles. The molecule has 6 atom stereocenters. The first-order valence-electron chi connectivity index (χ1n) is 8.14. The molecule has 2 nitrogen and oxygen atoms in total. The van der Waals surface area contributed by atoms with Gasteiger partial charge in [0.2, 0.25) is 0 Å². The molecule has 0 radical (unpaired) electrons. The number of aromatic hydroxyl groups is 1. The molecule has 0 spiro atoms. The molecule has 0 bridgehead atoms. The Morgan fingerprint density at radius 2 is 2.10 bits per heavy atom. The maximum atomic E-state index is 14.1. The zero-order valence-electron chi connectivity index (χ0n) is 12.4. The molecular formula is C18H23FO2. The van der Waals surface area contributed by atoms with Crippen molar-refractivity contribution in [2.24, 2.45) is 17.3 Å². The van der Waals surface area contributed by atoms with Crippen LogP contribution in [0.15, 0.2) is 18.2 Å². The second-order valence-corrected chi connectivity index (χ2v) is 7.54. The molecule has 3 unspecified atom stereocenters. The van der Waals surface area contributed by atoms with E-state index in [-0.39, 0.29) is 5.41 Å². The number of hydrogen-bond acceptors (Lipinski definition) is 2. The van der Waals surface area contributed by atoms with Gasteiger partial charge in [0.05, 0.1) is 6.10 Å². The highest BCUT2D eigenvalue weighted by atomic mass is 19.1. The molecule has 2 N–H and O–H groups in total. The second kappa shape index (κ2) is 4.45. The standard InChI is InChI=1S/C18H23FO2/c1-18-7-6-13-12-5-3-11(20)8-10(12)2-4-14(13)15(18)9-16(19)17(18)21/h3,5,8,13-17,20-21H,2,4,6-7,9H2,1H3/t13?,14?,15?,16-,17-,18-/m0/s1. The van der Waals surface area contributed by atoms with Crippen LogP contribution in [0.4, 0.5) is 4.39 Å². The predicted octanol–water partition coefficient (Wildman–Crippen LogP) is 3.56. The molecule has 114 valence electrons. The quantitative estimate of drug-likeness (QED) is 0.767. The lowest BCUT2D eigenvalue weighted by Gasteiger charge is -2.49. The van der Waals surface area contributed by atoms with E-state index in [1.807, 2.05) is 6.07 Å². The largest absolute Gasteiger partial charge is 0.508 e. The summed E-state index contributed by atoms with van der Waals surface area (Å²) in [6.45, 7) is 2.09. The van der Waals surface area contributed by atoms with E-state index in [0.717, 1.165) is 25.7 Å². The van der Waals surface area contributed by atoms with Crippen LogP contribution in [0.3, 0.4) is 0 Å². The van der Waals surface area contributed by atoms with Gasteiger partial charge in [-0.15, -0.1) is 0 Å². The molecule has 0 aromatic heterocycles. The monoisotopic (exact) mass is 290 g/mol. The van der Waals surface area contributed by atoms with Crippen LogP contribution in [0.1, 0.15) is 49.7 Å². The first-order valence-corrected chi connectivity index (χ1v) is 8.14. The van der Waals surface area contributed by atoms with Crippen molar-refractivity contribution in [3.05, 3.63) is 29.3 Å². The molecule has 3 aliphatic carbocycles. The summed E-state index contributed by atoms with van der Waals surface area (Å²) < 4.78 is 14.1. The van der Waals surface area contributed by atoms with Crippen molar-refractivity contribution in [2.45, 2.75) is 57.2 Å². The number of phenols is 1. The summed E-state index contributed by atoms with van der Waals surface area (Å²) in [5, 5.41) is 19.9. The molecule has 1 aromatic carbocycles.